The van der Waals surface area contributed by atoms with Crippen LogP contribution in [0, 0.1) is 5.82 Å². The Morgan fingerprint density at radius 3 is 2.00 bits per heavy atom. The maximum Gasteiger partial charge on any atom is 0.123 e. The highest BCUT2D eigenvalue weighted by Gasteiger charge is 2.32. The van der Waals surface area contributed by atoms with Crippen LogP contribution in [-0.4, -0.2) is 27.4 Å². The highest BCUT2D eigenvalue weighted by atomic mass is 19.1. The van der Waals surface area contributed by atoms with Gasteiger partial charge in [-0.15, -0.1) is 0 Å². The number of halogens is 1. The smallest absolute Gasteiger partial charge is 0.123 e. The topological polar surface area (TPSA) is 24.9 Å². The summed E-state index contributed by atoms with van der Waals surface area (Å²) in [6.45, 7) is 1.47. The van der Waals surface area contributed by atoms with E-state index in [0.29, 0.717) is 6.67 Å². The first-order valence-corrected chi connectivity index (χ1v) is 9.23. The molecule has 0 aliphatic carbocycles. The highest BCUT2D eigenvalue weighted by Crippen LogP contribution is 2.36. The minimum absolute atomic E-state index is 0.0474. The standard InChI is InChI=1S/C23H23FN2O2/c1-27-21-10-6-19(7-11-21)25-15-23(17-4-3-5-18(24)14-17)26(16-25)20-8-12-22(28-2)13-9-20/h3-14,23H,15-16H2,1-2H3. The van der Waals surface area contributed by atoms with Crippen LogP contribution in [0.1, 0.15) is 11.6 Å². The number of benzene rings is 3. The lowest BCUT2D eigenvalue weighted by Crippen LogP contribution is -2.26. The number of rotatable bonds is 5. The summed E-state index contributed by atoms with van der Waals surface area (Å²) in [6, 6.07) is 22.9. The Morgan fingerprint density at radius 2 is 1.43 bits per heavy atom. The summed E-state index contributed by atoms with van der Waals surface area (Å²) < 4.78 is 24.4. The van der Waals surface area contributed by atoms with Gasteiger partial charge in [-0.3, -0.25) is 0 Å². The van der Waals surface area contributed by atoms with Crippen molar-refractivity contribution in [1.29, 1.82) is 0 Å². The highest BCUT2D eigenvalue weighted by molar-refractivity contribution is 5.59. The van der Waals surface area contributed by atoms with Crippen LogP contribution < -0.4 is 19.3 Å². The molecule has 144 valence electrons. The van der Waals surface area contributed by atoms with Gasteiger partial charge < -0.3 is 19.3 Å². The number of nitrogens with zero attached hydrogens (tertiary/aromatic N) is 2. The number of hydrogen-bond acceptors (Lipinski definition) is 4. The summed E-state index contributed by atoms with van der Waals surface area (Å²) in [7, 11) is 3.32. The second-order valence-corrected chi connectivity index (χ2v) is 6.80. The molecule has 1 aliphatic heterocycles. The zero-order valence-corrected chi connectivity index (χ0v) is 16.0. The van der Waals surface area contributed by atoms with Crippen molar-refractivity contribution < 1.29 is 13.9 Å². The van der Waals surface area contributed by atoms with E-state index >= 15 is 0 Å². The molecule has 0 radical (unpaired) electrons. The molecule has 3 aromatic rings. The average Bonchev–Trinajstić information content (AvgIpc) is 3.19. The van der Waals surface area contributed by atoms with Gasteiger partial charge in [-0.2, -0.15) is 0 Å². The van der Waals surface area contributed by atoms with Crippen LogP contribution in [0.15, 0.2) is 72.8 Å². The fourth-order valence-electron chi connectivity index (χ4n) is 3.66. The molecule has 1 atom stereocenters. The van der Waals surface area contributed by atoms with Crippen LogP contribution >= 0.6 is 0 Å². The molecule has 0 spiro atoms. The molecule has 1 saturated heterocycles. The Kier molecular flexibility index (Phi) is 5.06. The Bertz CT molecular complexity index is 928. The summed E-state index contributed by atoms with van der Waals surface area (Å²) in [5.41, 5.74) is 3.15. The van der Waals surface area contributed by atoms with Crippen LogP contribution in [-0.2, 0) is 0 Å². The van der Waals surface area contributed by atoms with Gasteiger partial charge in [0.2, 0.25) is 0 Å². The summed E-state index contributed by atoms with van der Waals surface area (Å²) in [4.78, 5) is 4.58. The van der Waals surface area contributed by atoms with Crippen molar-refractivity contribution >= 4 is 11.4 Å². The molecule has 1 unspecified atom stereocenters. The summed E-state index contributed by atoms with van der Waals surface area (Å²) in [5, 5.41) is 0. The molecular formula is C23H23FN2O2. The quantitative estimate of drug-likeness (QED) is 0.632. The lowest BCUT2D eigenvalue weighted by Gasteiger charge is -2.26. The van der Waals surface area contributed by atoms with E-state index in [9.17, 15) is 4.39 Å². The molecule has 0 aromatic heterocycles. The molecule has 4 rings (SSSR count). The van der Waals surface area contributed by atoms with Gasteiger partial charge in [0.25, 0.3) is 0 Å². The predicted molar refractivity (Wildman–Crippen MR) is 110 cm³/mol. The van der Waals surface area contributed by atoms with Gasteiger partial charge in [-0.25, -0.2) is 4.39 Å². The van der Waals surface area contributed by atoms with Gasteiger partial charge >= 0.3 is 0 Å². The lowest BCUT2D eigenvalue weighted by atomic mass is 10.1. The molecular weight excluding hydrogens is 355 g/mol. The first-order chi connectivity index (χ1) is 13.7. The zero-order valence-electron chi connectivity index (χ0n) is 16.0. The number of methoxy groups -OCH3 is 2. The maximum absolute atomic E-state index is 13.9. The third-order valence-corrected chi connectivity index (χ3v) is 5.17. The van der Waals surface area contributed by atoms with Gasteiger partial charge in [0.05, 0.1) is 26.9 Å². The van der Waals surface area contributed by atoms with Crippen molar-refractivity contribution in [3.63, 3.8) is 0 Å². The fraction of sp³-hybridized carbons (Fsp3) is 0.217. The van der Waals surface area contributed by atoms with E-state index in [4.69, 9.17) is 9.47 Å². The first kappa shape index (κ1) is 18.2. The third kappa shape index (κ3) is 3.60. The van der Waals surface area contributed by atoms with E-state index in [1.54, 1.807) is 26.4 Å². The molecule has 0 bridgehead atoms. The number of ether oxygens (including phenoxy) is 2. The van der Waals surface area contributed by atoms with Crippen LogP contribution in [0.25, 0.3) is 0 Å². The molecule has 1 aliphatic rings. The fourth-order valence-corrected chi connectivity index (χ4v) is 3.66. The van der Waals surface area contributed by atoms with E-state index in [1.807, 2.05) is 42.5 Å². The predicted octanol–water partition coefficient (Wildman–Crippen LogP) is 4.87. The molecule has 1 fully saturated rings. The number of hydrogen-bond donors (Lipinski definition) is 0. The normalized spacial score (nSPS) is 16.3. The SMILES string of the molecule is COc1ccc(N2CC(c3cccc(F)c3)N(c3ccc(OC)cc3)C2)cc1. The van der Waals surface area contributed by atoms with Gasteiger partial charge in [-0.1, -0.05) is 12.1 Å². The van der Waals surface area contributed by atoms with Crippen LogP contribution in [0.5, 0.6) is 11.5 Å². The average molecular weight is 378 g/mol. The van der Waals surface area contributed by atoms with Crippen molar-refractivity contribution in [3.8, 4) is 11.5 Å². The zero-order chi connectivity index (χ0) is 19.5. The monoisotopic (exact) mass is 378 g/mol. The van der Waals surface area contributed by atoms with E-state index in [-0.39, 0.29) is 11.9 Å². The maximum atomic E-state index is 13.9. The molecule has 28 heavy (non-hydrogen) atoms. The van der Waals surface area contributed by atoms with E-state index in [2.05, 4.69) is 21.9 Å². The molecule has 5 heteroatoms. The first-order valence-electron chi connectivity index (χ1n) is 9.23. The van der Waals surface area contributed by atoms with Gasteiger partial charge in [0.1, 0.15) is 17.3 Å². The minimum atomic E-state index is -0.213. The molecule has 3 aromatic carbocycles. The Morgan fingerprint density at radius 1 is 0.821 bits per heavy atom. The van der Waals surface area contributed by atoms with Gasteiger partial charge in [-0.05, 0) is 66.2 Å². The Balaban J connectivity index is 1.67. The molecule has 0 N–H and O–H groups in total. The van der Waals surface area contributed by atoms with E-state index in [0.717, 1.165) is 35.0 Å². The summed E-state index contributed by atoms with van der Waals surface area (Å²) in [6.07, 6.45) is 0. The second-order valence-electron chi connectivity index (χ2n) is 6.80. The van der Waals surface area contributed by atoms with E-state index < -0.39 is 0 Å². The van der Waals surface area contributed by atoms with E-state index in [1.165, 1.54) is 6.07 Å². The lowest BCUT2D eigenvalue weighted by molar-refractivity contribution is 0.414. The van der Waals surface area contributed by atoms with Crippen molar-refractivity contribution in [1.82, 2.24) is 0 Å². The second kappa shape index (κ2) is 7.80. The molecule has 0 saturated carbocycles. The molecule has 0 amide bonds. The molecule has 1 heterocycles. The minimum Gasteiger partial charge on any atom is -0.497 e. The van der Waals surface area contributed by atoms with Crippen molar-refractivity contribution in [2.75, 3.05) is 37.2 Å². The van der Waals surface area contributed by atoms with Gasteiger partial charge in [0, 0.05) is 17.9 Å². The Hall–Kier alpha value is -3.21. The van der Waals surface area contributed by atoms with Crippen LogP contribution in [0.4, 0.5) is 15.8 Å². The van der Waals surface area contributed by atoms with Crippen LogP contribution in [0.3, 0.4) is 0 Å². The van der Waals surface area contributed by atoms with Crippen LogP contribution in [0.2, 0.25) is 0 Å². The summed E-state index contributed by atoms with van der Waals surface area (Å²) in [5.74, 6) is 1.43. The van der Waals surface area contributed by atoms with Gasteiger partial charge in [0.15, 0.2) is 0 Å². The largest absolute Gasteiger partial charge is 0.497 e. The van der Waals surface area contributed by atoms with Crippen molar-refractivity contribution in [2.24, 2.45) is 0 Å². The van der Waals surface area contributed by atoms with Crippen molar-refractivity contribution in [3.05, 3.63) is 84.2 Å². The number of anilines is 2. The molecule has 4 nitrogen and oxygen atoms in total. The Labute approximate surface area is 164 Å². The van der Waals surface area contributed by atoms with Crippen molar-refractivity contribution in [2.45, 2.75) is 6.04 Å². The summed E-state index contributed by atoms with van der Waals surface area (Å²) >= 11 is 0. The third-order valence-electron chi connectivity index (χ3n) is 5.17.